The van der Waals surface area contributed by atoms with Crippen molar-refractivity contribution in [3.63, 3.8) is 0 Å². The van der Waals surface area contributed by atoms with Crippen molar-refractivity contribution >= 4 is 12.0 Å². The van der Waals surface area contributed by atoms with Crippen LogP contribution >= 0.6 is 0 Å². The van der Waals surface area contributed by atoms with Crippen LogP contribution in [0.2, 0.25) is 0 Å². The van der Waals surface area contributed by atoms with Crippen molar-refractivity contribution in [3.8, 4) is 0 Å². The molecule has 0 unspecified atom stereocenters. The molecule has 0 spiro atoms. The lowest BCUT2D eigenvalue weighted by atomic mass is 9.62. The molecular formula is C18H32N2O3. The van der Waals surface area contributed by atoms with E-state index < -0.39 is 5.60 Å². The van der Waals surface area contributed by atoms with Gasteiger partial charge in [-0.05, 0) is 57.8 Å². The third-order valence-electron chi connectivity index (χ3n) is 5.41. The Morgan fingerprint density at radius 3 is 2.17 bits per heavy atom. The predicted octanol–water partition coefficient (Wildman–Crippen LogP) is 3.46. The smallest absolute Gasteiger partial charge is 0.410 e. The standard InChI is InChI=1S/C18H32N2O3/c1-17(2,3)23-16(22)20-11-9-18(10-12-20,13-15(19)21)14-7-5-4-6-8-14/h14H,4-13H2,1-3H3,(H2,19,21). The number of ether oxygens (including phenoxy) is 1. The second-order valence-corrected chi connectivity index (χ2v) is 8.31. The van der Waals surface area contributed by atoms with Crippen molar-refractivity contribution in [1.82, 2.24) is 4.90 Å². The van der Waals surface area contributed by atoms with E-state index in [-0.39, 0.29) is 17.4 Å². The summed E-state index contributed by atoms with van der Waals surface area (Å²) >= 11 is 0. The zero-order valence-electron chi connectivity index (χ0n) is 14.9. The molecule has 0 aromatic heterocycles. The number of primary amides is 1. The maximum atomic E-state index is 12.2. The summed E-state index contributed by atoms with van der Waals surface area (Å²) < 4.78 is 5.47. The highest BCUT2D eigenvalue weighted by Gasteiger charge is 2.43. The second kappa shape index (κ2) is 7.10. The number of amides is 2. The zero-order valence-corrected chi connectivity index (χ0v) is 14.9. The number of carbonyl (C=O) groups is 2. The van der Waals surface area contributed by atoms with E-state index in [2.05, 4.69) is 0 Å². The summed E-state index contributed by atoms with van der Waals surface area (Å²) in [6.07, 6.45) is 8.13. The van der Waals surface area contributed by atoms with Gasteiger partial charge in [0, 0.05) is 19.5 Å². The van der Waals surface area contributed by atoms with Gasteiger partial charge >= 0.3 is 6.09 Å². The van der Waals surface area contributed by atoms with Gasteiger partial charge in [0.05, 0.1) is 0 Å². The maximum Gasteiger partial charge on any atom is 0.410 e. The lowest BCUT2D eigenvalue weighted by Gasteiger charge is -2.47. The molecule has 0 radical (unpaired) electrons. The molecule has 1 aliphatic heterocycles. The highest BCUT2D eigenvalue weighted by molar-refractivity contribution is 5.74. The Kier molecular flexibility index (Phi) is 5.58. The summed E-state index contributed by atoms with van der Waals surface area (Å²) in [7, 11) is 0. The van der Waals surface area contributed by atoms with Crippen LogP contribution in [0.15, 0.2) is 0 Å². The molecule has 1 heterocycles. The lowest BCUT2D eigenvalue weighted by molar-refractivity contribution is -0.122. The molecule has 1 aliphatic carbocycles. The fourth-order valence-corrected chi connectivity index (χ4v) is 4.25. The lowest BCUT2D eigenvalue weighted by Crippen LogP contribution is -2.49. The van der Waals surface area contributed by atoms with Crippen LogP contribution in [0.3, 0.4) is 0 Å². The summed E-state index contributed by atoms with van der Waals surface area (Å²) in [6.45, 7) is 6.98. The maximum absolute atomic E-state index is 12.2. The van der Waals surface area contributed by atoms with Crippen LogP contribution in [0.4, 0.5) is 4.79 Å². The minimum absolute atomic E-state index is 0.00916. The molecule has 23 heavy (non-hydrogen) atoms. The number of hydrogen-bond acceptors (Lipinski definition) is 3. The number of nitrogens with two attached hydrogens (primary N) is 1. The van der Waals surface area contributed by atoms with Crippen LogP contribution in [-0.4, -0.2) is 35.6 Å². The van der Waals surface area contributed by atoms with Gasteiger partial charge in [-0.2, -0.15) is 0 Å². The van der Waals surface area contributed by atoms with Gasteiger partial charge in [0.1, 0.15) is 5.60 Å². The van der Waals surface area contributed by atoms with Gasteiger partial charge in [-0.25, -0.2) is 4.79 Å². The van der Waals surface area contributed by atoms with Crippen molar-refractivity contribution in [2.75, 3.05) is 13.1 Å². The number of rotatable bonds is 3. The Balaban J connectivity index is 2.01. The zero-order chi connectivity index (χ0) is 17.1. The van der Waals surface area contributed by atoms with Crippen molar-refractivity contribution in [1.29, 1.82) is 0 Å². The normalized spacial score (nSPS) is 22.7. The van der Waals surface area contributed by atoms with E-state index in [1.54, 1.807) is 4.90 Å². The van der Waals surface area contributed by atoms with E-state index in [9.17, 15) is 9.59 Å². The molecule has 2 rings (SSSR count). The van der Waals surface area contributed by atoms with Gasteiger partial charge in [0.2, 0.25) is 5.91 Å². The molecule has 1 saturated heterocycles. The number of hydrogen-bond donors (Lipinski definition) is 1. The Morgan fingerprint density at radius 2 is 1.70 bits per heavy atom. The first-order chi connectivity index (χ1) is 10.7. The fraction of sp³-hybridized carbons (Fsp3) is 0.889. The Labute approximate surface area is 139 Å². The molecular weight excluding hydrogens is 292 g/mol. The molecule has 2 amide bonds. The molecule has 1 saturated carbocycles. The molecule has 5 nitrogen and oxygen atoms in total. The second-order valence-electron chi connectivity index (χ2n) is 8.31. The average Bonchev–Trinajstić information content (AvgIpc) is 2.46. The Bertz CT molecular complexity index is 428. The summed E-state index contributed by atoms with van der Waals surface area (Å²) in [6, 6.07) is 0. The topological polar surface area (TPSA) is 72.6 Å². The first-order valence-corrected chi connectivity index (χ1v) is 8.98. The van der Waals surface area contributed by atoms with Gasteiger partial charge < -0.3 is 15.4 Å². The van der Waals surface area contributed by atoms with Gasteiger partial charge in [-0.3, -0.25) is 4.79 Å². The van der Waals surface area contributed by atoms with Gasteiger partial charge in [0.25, 0.3) is 0 Å². The third kappa shape index (κ3) is 4.85. The van der Waals surface area contributed by atoms with Crippen molar-refractivity contribution < 1.29 is 14.3 Å². The van der Waals surface area contributed by atoms with Crippen molar-refractivity contribution in [3.05, 3.63) is 0 Å². The van der Waals surface area contributed by atoms with E-state index in [0.717, 1.165) is 12.8 Å². The van der Waals surface area contributed by atoms with Crippen molar-refractivity contribution in [2.24, 2.45) is 17.1 Å². The van der Waals surface area contributed by atoms with Crippen LogP contribution in [0.1, 0.15) is 72.1 Å². The van der Waals surface area contributed by atoms with E-state index in [1.807, 2.05) is 20.8 Å². The predicted molar refractivity (Wildman–Crippen MR) is 89.9 cm³/mol. The third-order valence-corrected chi connectivity index (χ3v) is 5.41. The Hall–Kier alpha value is -1.26. The summed E-state index contributed by atoms with van der Waals surface area (Å²) in [5, 5.41) is 0. The summed E-state index contributed by atoms with van der Waals surface area (Å²) in [5.74, 6) is 0.367. The molecule has 5 heteroatoms. The molecule has 2 fully saturated rings. The molecule has 0 aromatic carbocycles. The van der Waals surface area contributed by atoms with E-state index in [0.29, 0.717) is 25.4 Å². The van der Waals surface area contributed by atoms with Gasteiger partial charge in [0.15, 0.2) is 0 Å². The quantitative estimate of drug-likeness (QED) is 0.864. The molecule has 0 atom stereocenters. The number of piperidine rings is 1. The Morgan fingerprint density at radius 1 is 1.13 bits per heavy atom. The van der Waals surface area contributed by atoms with E-state index in [4.69, 9.17) is 10.5 Å². The first kappa shape index (κ1) is 18.1. The minimum atomic E-state index is -0.470. The van der Waals surface area contributed by atoms with E-state index >= 15 is 0 Å². The van der Waals surface area contributed by atoms with Crippen LogP contribution < -0.4 is 5.73 Å². The molecule has 132 valence electrons. The average molecular weight is 324 g/mol. The largest absolute Gasteiger partial charge is 0.444 e. The molecule has 0 aromatic rings. The number of carbonyl (C=O) groups excluding carboxylic acids is 2. The van der Waals surface area contributed by atoms with Crippen LogP contribution in [0, 0.1) is 11.3 Å². The summed E-state index contributed by atoms with van der Waals surface area (Å²) in [4.78, 5) is 25.7. The molecule has 0 bridgehead atoms. The highest BCUT2D eigenvalue weighted by atomic mass is 16.6. The molecule has 2 N–H and O–H groups in total. The van der Waals surface area contributed by atoms with Crippen molar-refractivity contribution in [2.45, 2.75) is 77.7 Å². The first-order valence-electron chi connectivity index (χ1n) is 8.98. The fourth-order valence-electron chi connectivity index (χ4n) is 4.25. The number of nitrogens with zero attached hydrogens (tertiary/aromatic N) is 1. The van der Waals surface area contributed by atoms with Crippen LogP contribution in [-0.2, 0) is 9.53 Å². The van der Waals surface area contributed by atoms with Gasteiger partial charge in [-0.15, -0.1) is 0 Å². The summed E-state index contributed by atoms with van der Waals surface area (Å²) in [5.41, 5.74) is 5.07. The molecule has 2 aliphatic rings. The highest BCUT2D eigenvalue weighted by Crippen LogP contribution is 2.48. The minimum Gasteiger partial charge on any atom is -0.444 e. The monoisotopic (exact) mass is 324 g/mol. The van der Waals surface area contributed by atoms with Crippen LogP contribution in [0.5, 0.6) is 0 Å². The SMILES string of the molecule is CC(C)(C)OC(=O)N1CCC(CC(N)=O)(C2CCCCC2)CC1. The van der Waals surface area contributed by atoms with E-state index in [1.165, 1.54) is 32.1 Å². The number of likely N-dealkylation sites (tertiary alicyclic amines) is 1. The van der Waals surface area contributed by atoms with Crippen LogP contribution in [0.25, 0.3) is 0 Å². The van der Waals surface area contributed by atoms with Gasteiger partial charge in [-0.1, -0.05) is 19.3 Å².